The molecule has 0 bridgehead atoms. The normalized spacial score (nSPS) is 10.6. The fourth-order valence-corrected chi connectivity index (χ4v) is 2.48. The van der Waals surface area contributed by atoms with Crippen molar-refractivity contribution in [3.8, 4) is 11.5 Å². The lowest BCUT2D eigenvalue weighted by Gasteiger charge is -2.07. The monoisotopic (exact) mass is 307 g/mol. The molecule has 4 heteroatoms. The molecule has 0 saturated carbocycles. The van der Waals surface area contributed by atoms with Crippen molar-refractivity contribution in [3.63, 3.8) is 0 Å². The Morgan fingerprint density at radius 3 is 2.43 bits per heavy atom. The molecule has 23 heavy (non-hydrogen) atoms. The van der Waals surface area contributed by atoms with Crippen molar-refractivity contribution in [2.75, 3.05) is 6.54 Å². The summed E-state index contributed by atoms with van der Waals surface area (Å²) in [7, 11) is 0. The number of fused-ring (bicyclic) bond motifs is 1. The lowest BCUT2D eigenvalue weighted by atomic mass is 10.1. The average molecular weight is 307 g/mol. The number of amides is 1. The number of aromatic hydroxyl groups is 2. The minimum Gasteiger partial charge on any atom is -0.504 e. The summed E-state index contributed by atoms with van der Waals surface area (Å²) >= 11 is 0. The summed E-state index contributed by atoms with van der Waals surface area (Å²) in [5.74, 6) is -0.420. The topological polar surface area (TPSA) is 69.6 Å². The maximum absolute atomic E-state index is 12.2. The van der Waals surface area contributed by atoms with Crippen molar-refractivity contribution in [1.29, 1.82) is 0 Å². The molecule has 0 radical (unpaired) electrons. The molecule has 0 fully saturated rings. The first-order valence-corrected chi connectivity index (χ1v) is 7.41. The van der Waals surface area contributed by atoms with Gasteiger partial charge in [0.15, 0.2) is 11.5 Å². The Bertz CT molecular complexity index is 858. The number of benzene rings is 3. The van der Waals surface area contributed by atoms with Gasteiger partial charge < -0.3 is 15.5 Å². The molecule has 0 aliphatic carbocycles. The summed E-state index contributed by atoms with van der Waals surface area (Å²) in [6.07, 6.45) is 0.577. The van der Waals surface area contributed by atoms with Crippen molar-refractivity contribution in [2.45, 2.75) is 6.42 Å². The first-order chi connectivity index (χ1) is 11.1. The lowest BCUT2D eigenvalue weighted by molar-refractivity contribution is 0.0954. The van der Waals surface area contributed by atoms with E-state index in [0.29, 0.717) is 18.5 Å². The van der Waals surface area contributed by atoms with Crippen molar-refractivity contribution >= 4 is 16.7 Å². The van der Waals surface area contributed by atoms with Gasteiger partial charge in [-0.2, -0.15) is 0 Å². The molecule has 0 aliphatic heterocycles. The molecule has 0 atom stereocenters. The molecule has 0 heterocycles. The van der Waals surface area contributed by atoms with Crippen molar-refractivity contribution in [1.82, 2.24) is 5.32 Å². The molecule has 1 amide bonds. The molecule has 0 spiro atoms. The van der Waals surface area contributed by atoms with E-state index < -0.39 is 0 Å². The predicted octanol–water partition coefficient (Wildman–Crippen LogP) is 3.22. The third kappa shape index (κ3) is 3.43. The van der Waals surface area contributed by atoms with Crippen molar-refractivity contribution in [2.24, 2.45) is 0 Å². The second kappa shape index (κ2) is 6.40. The number of carbonyl (C=O) groups excluding carboxylic acids is 1. The standard InChI is InChI=1S/C19H17NO3/c21-17-8-5-13(11-18(17)22)9-10-20-19(23)16-7-6-14-3-1-2-4-15(14)12-16/h1-8,11-12,21-22H,9-10H2,(H,20,23). The number of hydrogen-bond acceptors (Lipinski definition) is 3. The molecule has 3 N–H and O–H groups in total. The summed E-state index contributed by atoms with van der Waals surface area (Å²) in [5, 5.41) is 23.7. The van der Waals surface area contributed by atoms with Crippen LogP contribution in [0.25, 0.3) is 10.8 Å². The second-order valence-electron chi connectivity index (χ2n) is 5.39. The Balaban J connectivity index is 1.62. The van der Waals surface area contributed by atoms with Crippen LogP contribution in [0.2, 0.25) is 0 Å². The largest absolute Gasteiger partial charge is 0.504 e. The van der Waals surface area contributed by atoms with E-state index in [0.717, 1.165) is 16.3 Å². The quantitative estimate of drug-likeness (QED) is 0.648. The van der Waals surface area contributed by atoms with Gasteiger partial charge in [0.1, 0.15) is 0 Å². The minimum absolute atomic E-state index is 0.126. The van der Waals surface area contributed by atoms with E-state index in [1.165, 1.54) is 12.1 Å². The third-order valence-corrected chi connectivity index (χ3v) is 3.75. The molecule has 0 unspecified atom stereocenters. The van der Waals surface area contributed by atoms with Crippen LogP contribution in [-0.4, -0.2) is 22.7 Å². The van der Waals surface area contributed by atoms with E-state index in [4.69, 9.17) is 0 Å². The third-order valence-electron chi connectivity index (χ3n) is 3.75. The van der Waals surface area contributed by atoms with E-state index >= 15 is 0 Å². The molecule has 0 saturated heterocycles. The SMILES string of the molecule is O=C(NCCc1ccc(O)c(O)c1)c1ccc2ccccc2c1. The number of phenols is 2. The van der Waals surface area contributed by atoms with E-state index in [1.807, 2.05) is 42.5 Å². The van der Waals surface area contributed by atoms with Gasteiger partial charge in [-0.3, -0.25) is 4.79 Å². The maximum atomic E-state index is 12.2. The average Bonchev–Trinajstić information content (AvgIpc) is 2.57. The second-order valence-corrected chi connectivity index (χ2v) is 5.39. The molecule has 0 aromatic heterocycles. The molecular weight excluding hydrogens is 290 g/mol. The predicted molar refractivity (Wildman–Crippen MR) is 89.8 cm³/mol. The highest BCUT2D eigenvalue weighted by molar-refractivity contribution is 5.98. The zero-order valence-electron chi connectivity index (χ0n) is 12.5. The van der Waals surface area contributed by atoms with E-state index in [-0.39, 0.29) is 17.4 Å². The fraction of sp³-hybridized carbons (Fsp3) is 0.105. The van der Waals surface area contributed by atoms with Crippen LogP contribution in [0.15, 0.2) is 60.7 Å². The molecule has 3 aromatic rings. The summed E-state index contributed by atoms with van der Waals surface area (Å²) < 4.78 is 0. The van der Waals surface area contributed by atoms with Gasteiger partial charge >= 0.3 is 0 Å². The highest BCUT2D eigenvalue weighted by atomic mass is 16.3. The highest BCUT2D eigenvalue weighted by Gasteiger charge is 2.06. The number of rotatable bonds is 4. The number of hydrogen-bond donors (Lipinski definition) is 3. The van der Waals surface area contributed by atoms with Crippen LogP contribution in [0.3, 0.4) is 0 Å². The molecular formula is C19H17NO3. The van der Waals surface area contributed by atoms with E-state index in [9.17, 15) is 15.0 Å². The zero-order chi connectivity index (χ0) is 16.2. The van der Waals surface area contributed by atoms with Crippen LogP contribution < -0.4 is 5.32 Å². The highest BCUT2D eigenvalue weighted by Crippen LogP contribution is 2.24. The summed E-state index contributed by atoms with van der Waals surface area (Å²) in [6, 6.07) is 18.2. The molecule has 3 rings (SSSR count). The molecule has 116 valence electrons. The van der Waals surface area contributed by atoms with Gasteiger partial charge in [0.25, 0.3) is 5.91 Å². The van der Waals surface area contributed by atoms with Crippen LogP contribution in [0.1, 0.15) is 15.9 Å². The molecule has 3 aromatic carbocycles. The number of phenolic OH excluding ortho intramolecular Hbond substituents is 2. The summed E-state index contributed by atoms with van der Waals surface area (Å²) in [5.41, 5.74) is 1.47. The van der Waals surface area contributed by atoms with Gasteiger partial charge in [0.05, 0.1) is 0 Å². The van der Waals surface area contributed by atoms with Gasteiger partial charge in [-0.05, 0) is 47.0 Å². The van der Waals surface area contributed by atoms with E-state index in [1.54, 1.807) is 6.07 Å². The van der Waals surface area contributed by atoms with Gasteiger partial charge in [-0.15, -0.1) is 0 Å². The van der Waals surface area contributed by atoms with E-state index in [2.05, 4.69) is 5.32 Å². The Hall–Kier alpha value is -3.01. The Morgan fingerprint density at radius 2 is 1.65 bits per heavy atom. The van der Waals surface area contributed by atoms with Crippen molar-refractivity contribution in [3.05, 3.63) is 71.8 Å². The first-order valence-electron chi connectivity index (χ1n) is 7.41. The smallest absolute Gasteiger partial charge is 0.251 e. The lowest BCUT2D eigenvalue weighted by Crippen LogP contribution is -2.25. The number of nitrogens with one attached hydrogen (secondary N) is 1. The van der Waals surface area contributed by atoms with Crippen molar-refractivity contribution < 1.29 is 15.0 Å². The van der Waals surface area contributed by atoms with Gasteiger partial charge in [0, 0.05) is 12.1 Å². The molecule has 0 aliphatic rings. The minimum atomic E-state index is -0.150. The van der Waals surface area contributed by atoms with Crippen LogP contribution >= 0.6 is 0 Å². The van der Waals surface area contributed by atoms with Gasteiger partial charge in [-0.1, -0.05) is 36.4 Å². The van der Waals surface area contributed by atoms with Gasteiger partial charge in [0.2, 0.25) is 0 Å². The Kier molecular flexibility index (Phi) is 4.15. The Labute approximate surface area is 134 Å². The van der Waals surface area contributed by atoms with Crippen LogP contribution in [0.5, 0.6) is 11.5 Å². The summed E-state index contributed by atoms with van der Waals surface area (Å²) in [4.78, 5) is 12.2. The number of carbonyl (C=O) groups is 1. The Morgan fingerprint density at radius 1 is 0.870 bits per heavy atom. The van der Waals surface area contributed by atoms with Crippen LogP contribution in [-0.2, 0) is 6.42 Å². The fourth-order valence-electron chi connectivity index (χ4n) is 2.48. The maximum Gasteiger partial charge on any atom is 0.251 e. The first kappa shape index (κ1) is 14.9. The van der Waals surface area contributed by atoms with Crippen LogP contribution in [0.4, 0.5) is 0 Å². The summed E-state index contributed by atoms with van der Waals surface area (Å²) in [6.45, 7) is 0.454. The zero-order valence-corrected chi connectivity index (χ0v) is 12.5. The van der Waals surface area contributed by atoms with Crippen LogP contribution in [0, 0.1) is 0 Å². The van der Waals surface area contributed by atoms with Gasteiger partial charge in [-0.25, -0.2) is 0 Å². The molecule has 4 nitrogen and oxygen atoms in total.